The Hall–Kier alpha value is -1.77. The molecule has 116 valence electrons. The molecule has 1 rings (SSSR count). The van der Waals surface area contributed by atoms with Gasteiger partial charge in [-0.1, -0.05) is 18.2 Å². The first-order valence-electron chi connectivity index (χ1n) is 6.40. The van der Waals surface area contributed by atoms with Gasteiger partial charge in [0.15, 0.2) is 0 Å². The van der Waals surface area contributed by atoms with Crippen LogP contribution < -0.4 is 5.73 Å². The van der Waals surface area contributed by atoms with Gasteiger partial charge in [0.05, 0.1) is 5.75 Å². The Morgan fingerprint density at radius 1 is 1.19 bits per heavy atom. The number of hydrogen-bond donors (Lipinski definition) is 2. The minimum Gasteiger partial charge on any atom is -0.330 e. The summed E-state index contributed by atoms with van der Waals surface area (Å²) in [6, 6.07) is 8.05. The lowest BCUT2D eigenvalue weighted by molar-refractivity contribution is -0.128. The van der Waals surface area contributed by atoms with E-state index in [1.54, 1.807) is 18.2 Å². The van der Waals surface area contributed by atoms with Crippen molar-refractivity contribution in [3.05, 3.63) is 35.9 Å². The van der Waals surface area contributed by atoms with Crippen molar-refractivity contribution in [3.8, 4) is 0 Å². The molecular weight excluding hydrogens is 296 g/mol. The summed E-state index contributed by atoms with van der Waals surface area (Å²) in [5, 5.41) is 0. The SMILES string of the molecule is NCCCC(=O)N(CCS(=O)(=O)O)C(=O)c1ccccc1. The van der Waals surface area contributed by atoms with E-state index in [2.05, 4.69) is 0 Å². The molecule has 1 aromatic carbocycles. The summed E-state index contributed by atoms with van der Waals surface area (Å²) >= 11 is 0. The van der Waals surface area contributed by atoms with E-state index in [4.69, 9.17) is 10.3 Å². The van der Waals surface area contributed by atoms with Gasteiger partial charge in [-0.2, -0.15) is 8.42 Å². The monoisotopic (exact) mass is 314 g/mol. The number of hydrogen-bond acceptors (Lipinski definition) is 5. The largest absolute Gasteiger partial charge is 0.330 e. The first-order valence-corrected chi connectivity index (χ1v) is 8.01. The first-order chi connectivity index (χ1) is 9.85. The fourth-order valence-electron chi connectivity index (χ4n) is 1.67. The molecule has 0 aromatic heterocycles. The van der Waals surface area contributed by atoms with Gasteiger partial charge in [0, 0.05) is 18.5 Å². The molecule has 0 saturated carbocycles. The molecule has 1 aromatic rings. The third-order valence-electron chi connectivity index (χ3n) is 2.73. The summed E-state index contributed by atoms with van der Waals surface area (Å²) in [7, 11) is -4.26. The highest BCUT2D eigenvalue weighted by atomic mass is 32.2. The van der Waals surface area contributed by atoms with Crippen molar-refractivity contribution in [2.45, 2.75) is 12.8 Å². The number of nitrogens with zero attached hydrogens (tertiary/aromatic N) is 1. The summed E-state index contributed by atoms with van der Waals surface area (Å²) in [5.41, 5.74) is 5.59. The van der Waals surface area contributed by atoms with Crippen molar-refractivity contribution >= 4 is 21.9 Å². The van der Waals surface area contributed by atoms with Crippen LogP contribution in [-0.2, 0) is 14.9 Å². The van der Waals surface area contributed by atoms with Crippen LogP contribution in [0, 0.1) is 0 Å². The lowest BCUT2D eigenvalue weighted by atomic mass is 10.2. The van der Waals surface area contributed by atoms with E-state index in [1.807, 2.05) is 0 Å². The molecule has 0 heterocycles. The number of benzene rings is 1. The highest BCUT2D eigenvalue weighted by Gasteiger charge is 2.23. The molecular formula is C13H18N2O5S. The van der Waals surface area contributed by atoms with Gasteiger partial charge < -0.3 is 5.73 Å². The summed E-state index contributed by atoms with van der Waals surface area (Å²) < 4.78 is 30.4. The fraction of sp³-hybridized carbons (Fsp3) is 0.385. The number of imide groups is 1. The Kier molecular flexibility index (Phi) is 6.47. The van der Waals surface area contributed by atoms with Crippen molar-refractivity contribution in [2.24, 2.45) is 5.73 Å². The fourth-order valence-corrected chi connectivity index (χ4v) is 2.08. The molecule has 0 spiro atoms. The maximum absolute atomic E-state index is 12.3. The van der Waals surface area contributed by atoms with Gasteiger partial charge in [-0.15, -0.1) is 0 Å². The molecule has 0 aliphatic heterocycles. The Balaban J connectivity index is 2.90. The predicted octanol–water partition coefficient (Wildman–Crippen LogP) is 0.282. The number of nitrogens with two attached hydrogens (primary N) is 1. The van der Waals surface area contributed by atoms with E-state index < -0.39 is 34.2 Å². The zero-order chi connectivity index (χ0) is 15.9. The summed E-state index contributed by atoms with van der Waals surface area (Å²) in [5.74, 6) is -1.81. The summed E-state index contributed by atoms with van der Waals surface area (Å²) in [6.45, 7) is -0.104. The van der Waals surface area contributed by atoms with Crippen LogP contribution in [0.1, 0.15) is 23.2 Å². The van der Waals surface area contributed by atoms with Crippen LogP contribution >= 0.6 is 0 Å². The summed E-state index contributed by atoms with van der Waals surface area (Å²) in [4.78, 5) is 25.1. The second kappa shape index (κ2) is 7.87. The van der Waals surface area contributed by atoms with Crippen molar-refractivity contribution < 1.29 is 22.6 Å². The predicted molar refractivity (Wildman–Crippen MR) is 77.2 cm³/mol. The highest BCUT2D eigenvalue weighted by Crippen LogP contribution is 2.08. The van der Waals surface area contributed by atoms with Crippen LogP contribution in [-0.4, -0.2) is 48.5 Å². The zero-order valence-electron chi connectivity index (χ0n) is 11.4. The molecule has 0 bridgehead atoms. The average Bonchev–Trinajstić information content (AvgIpc) is 2.44. The van der Waals surface area contributed by atoms with Crippen molar-refractivity contribution in [2.75, 3.05) is 18.8 Å². The van der Waals surface area contributed by atoms with Crippen molar-refractivity contribution in [1.29, 1.82) is 0 Å². The van der Waals surface area contributed by atoms with Gasteiger partial charge in [-0.25, -0.2) is 0 Å². The van der Waals surface area contributed by atoms with Crippen molar-refractivity contribution in [1.82, 2.24) is 4.90 Å². The molecule has 0 atom stereocenters. The number of rotatable bonds is 7. The molecule has 0 aliphatic rings. The average molecular weight is 314 g/mol. The molecule has 2 amide bonds. The van der Waals surface area contributed by atoms with Gasteiger partial charge in [-0.3, -0.25) is 19.0 Å². The van der Waals surface area contributed by atoms with E-state index in [1.165, 1.54) is 12.1 Å². The van der Waals surface area contributed by atoms with Crippen LogP contribution in [0.25, 0.3) is 0 Å². The quantitative estimate of drug-likeness (QED) is 0.698. The standard InChI is InChI=1S/C13H18N2O5S/c14-8-4-7-12(16)15(9-10-21(18,19)20)13(17)11-5-2-1-3-6-11/h1-3,5-6H,4,7-10,14H2,(H,18,19,20). The van der Waals surface area contributed by atoms with E-state index in [0.29, 0.717) is 6.42 Å². The molecule has 3 N–H and O–H groups in total. The van der Waals surface area contributed by atoms with Crippen molar-refractivity contribution in [3.63, 3.8) is 0 Å². The van der Waals surface area contributed by atoms with E-state index in [9.17, 15) is 18.0 Å². The molecule has 0 saturated heterocycles. The Morgan fingerprint density at radius 2 is 1.81 bits per heavy atom. The molecule has 8 heteroatoms. The maximum atomic E-state index is 12.3. The van der Waals surface area contributed by atoms with Crippen LogP contribution in [0.5, 0.6) is 0 Å². The normalized spacial score (nSPS) is 11.1. The van der Waals surface area contributed by atoms with Gasteiger partial charge in [-0.05, 0) is 25.1 Å². The molecule has 0 fully saturated rings. The number of amides is 2. The first kappa shape index (κ1) is 17.3. The molecule has 0 radical (unpaired) electrons. The maximum Gasteiger partial charge on any atom is 0.266 e. The third-order valence-corrected chi connectivity index (χ3v) is 3.43. The summed E-state index contributed by atoms with van der Waals surface area (Å²) in [6.07, 6.45) is 0.434. The Bertz CT molecular complexity index is 586. The lowest BCUT2D eigenvalue weighted by Crippen LogP contribution is -2.40. The third kappa shape index (κ3) is 6.03. The Labute approximate surface area is 123 Å². The van der Waals surface area contributed by atoms with Gasteiger partial charge >= 0.3 is 0 Å². The van der Waals surface area contributed by atoms with Crippen LogP contribution in [0.3, 0.4) is 0 Å². The van der Waals surface area contributed by atoms with E-state index in [-0.39, 0.29) is 18.5 Å². The Morgan fingerprint density at radius 3 is 2.33 bits per heavy atom. The smallest absolute Gasteiger partial charge is 0.266 e. The molecule has 7 nitrogen and oxygen atoms in total. The second-order valence-corrected chi connectivity index (χ2v) is 5.97. The number of carbonyl (C=O) groups is 2. The highest BCUT2D eigenvalue weighted by molar-refractivity contribution is 7.85. The zero-order valence-corrected chi connectivity index (χ0v) is 12.3. The number of carbonyl (C=O) groups excluding carboxylic acids is 2. The lowest BCUT2D eigenvalue weighted by Gasteiger charge is -2.20. The van der Waals surface area contributed by atoms with Gasteiger partial charge in [0.2, 0.25) is 5.91 Å². The van der Waals surface area contributed by atoms with Gasteiger partial charge in [0.1, 0.15) is 0 Å². The minimum atomic E-state index is -4.26. The van der Waals surface area contributed by atoms with Crippen LogP contribution in [0.4, 0.5) is 0 Å². The molecule has 21 heavy (non-hydrogen) atoms. The van der Waals surface area contributed by atoms with Gasteiger partial charge in [0.25, 0.3) is 16.0 Å². The minimum absolute atomic E-state index is 0.0422. The van der Waals surface area contributed by atoms with Crippen LogP contribution in [0.2, 0.25) is 0 Å². The van der Waals surface area contributed by atoms with E-state index in [0.717, 1.165) is 4.90 Å². The van der Waals surface area contributed by atoms with Crippen LogP contribution in [0.15, 0.2) is 30.3 Å². The van der Waals surface area contributed by atoms with E-state index >= 15 is 0 Å². The molecule has 0 aliphatic carbocycles. The molecule has 0 unspecified atom stereocenters. The topological polar surface area (TPSA) is 118 Å². The second-order valence-electron chi connectivity index (χ2n) is 4.39.